The second kappa shape index (κ2) is 5.93. The standard InChI is InChI=1S/C12H12ClN3OS/c1-2-5-10(17)14-12-16-15-11(18-12)8-6-3-4-7-9(8)13/h3-4,6-7H,2,5H2,1H3,(H,14,16,17). The first-order valence-electron chi connectivity index (χ1n) is 5.59. The van der Waals surface area contributed by atoms with E-state index in [9.17, 15) is 4.79 Å². The maximum atomic E-state index is 11.4. The smallest absolute Gasteiger partial charge is 0.226 e. The molecule has 0 spiro atoms. The van der Waals surface area contributed by atoms with Crippen LogP contribution in [0.1, 0.15) is 19.8 Å². The quantitative estimate of drug-likeness (QED) is 0.932. The summed E-state index contributed by atoms with van der Waals surface area (Å²) in [5.41, 5.74) is 0.827. The molecular weight excluding hydrogens is 270 g/mol. The van der Waals surface area contributed by atoms with Gasteiger partial charge in [-0.1, -0.05) is 48.1 Å². The zero-order chi connectivity index (χ0) is 13.0. The van der Waals surface area contributed by atoms with Crippen molar-refractivity contribution >= 4 is 34.0 Å². The van der Waals surface area contributed by atoms with Crippen LogP contribution in [0, 0.1) is 0 Å². The van der Waals surface area contributed by atoms with Gasteiger partial charge in [0.05, 0.1) is 5.02 Å². The van der Waals surface area contributed by atoms with Crippen LogP contribution < -0.4 is 5.32 Å². The van der Waals surface area contributed by atoms with Crippen molar-refractivity contribution in [3.8, 4) is 10.6 Å². The van der Waals surface area contributed by atoms with Crippen molar-refractivity contribution < 1.29 is 4.79 Å². The van der Waals surface area contributed by atoms with E-state index >= 15 is 0 Å². The Bertz CT molecular complexity index is 556. The van der Waals surface area contributed by atoms with Crippen LogP contribution in [0.3, 0.4) is 0 Å². The Morgan fingerprint density at radius 3 is 2.89 bits per heavy atom. The summed E-state index contributed by atoms with van der Waals surface area (Å²) < 4.78 is 0. The number of aromatic nitrogens is 2. The van der Waals surface area contributed by atoms with Crippen molar-refractivity contribution in [1.82, 2.24) is 10.2 Å². The van der Waals surface area contributed by atoms with Gasteiger partial charge in [-0.2, -0.15) is 0 Å². The van der Waals surface area contributed by atoms with Crippen molar-refractivity contribution in [3.05, 3.63) is 29.3 Å². The number of anilines is 1. The van der Waals surface area contributed by atoms with Gasteiger partial charge in [-0.3, -0.25) is 4.79 Å². The largest absolute Gasteiger partial charge is 0.301 e. The summed E-state index contributed by atoms with van der Waals surface area (Å²) in [4.78, 5) is 11.4. The number of benzene rings is 1. The molecule has 0 aliphatic carbocycles. The van der Waals surface area contributed by atoms with Gasteiger partial charge in [0.1, 0.15) is 0 Å². The van der Waals surface area contributed by atoms with Gasteiger partial charge >= 0.3 is 0 Å². The Balaban J connectivity index is 2.16. The number of hydrogen-bond donors (Lipinski definition) is 1. The molecule has 0 fully saturated rings. The number of hydrogen-bond acceptors (Lipinski definition) is 4. The second-order valence-corrected chi connectivity index (χ2v) is 5.08. The van der Waals surface area contributed by atoms with Gasteiger partial charge in [0.15, 0.2) is 5.01 Å². The molecule has 0 saturated carbocycles. The number of nitrogens with one attached hydrogen (secondary N) is 1. The first kappa shape index (κ1) is 13.0. The van der Waals surface area contributed by atoms with Crippen molar-refractivity contribution in [2.24, 2.45) is 0 Å². The molecular formula is C12H12ClN3OS. The first-order valence-corrected chi connectivity index (χ1v) is 6.78. The zero-order valence-electron chi connectivity index (χ0n) is 9.81. The molecule has 0 aliphatic rings. The Kier molecular flexibility index (Phi) is 4.28. The number of carbonyl (C=O) groups excluding carboxylic acids is 1. The molecule has 0 bridgehead atoms. The lowest BCUT2D eigenvalue weighted by atomic mass is 10.2. The van der Waals surface area contributed by atoms with E-state index in [1.165, 1.54) is 11.3 Å². The molecule has 18 heavy (non-hydrogen) atoms. The minimum Gasteiger partial charge on any atom is -0.301 e. The summed E-state index contributed by atoms with van der Waals surface area (Å²) in [5, 5.41) is 12.5. The molecule has 0 aliphatic heterocycles. The molecule has 1 heterocycles. The summed E-state index contributed by atoms with van der Waals surface area (Å²) in [6, 6.07) is 7.42. The lowest BCUT2D eigenvalue weighted by Crippen LogP contribution is -2.10. The summed E-state index contributed by atoms with van der Waals surface area (Å²) in [5.74, 6) is -0.0423. The maximum Gasteiger partial charge on any atom is 0.226 e. The maximum absolute atomic E-state index is 11.4. The molecule has 2 aromatic rings. The Labute approximate surface area is 114 Å². The topological polar surface area (TPSA) is 54.9 Å². The highest BCUT2D eigenvalue weighted by atomic mass is 35.5. The molecule has 0 saturated heterocycles. The lowest BCUT2D eigenvalue weighted by Gasteiger charge is -1.98. The number of carbonyl (C=O) groups is 1. The molecule has 6 heteroatoms. The van der Waals surface area contributed by atoms with Crippen molar-refractivity contribution in [1.29, 1.82) is 0 Å². The van der Waals surface area contributed by atoms with Gasteiger partial charge in [-0.05, 0) is 12.5 Å². The fourth-order valence-electron chi connectivity index (χ4n) is 1.43. The van der Waals surface area contributed by atoms with Gasteiger partial charge in [-0.15, -0.1) is 10.2 Å². The van der Waals surface area contributed by atoms with Crippen molar-refractivity contribution in [2.75, 3.05) is 5.32 Å². The van der Waals surface area contributed by atoms with Crippen LogP contribution in [0.2, 0.25) is 5.02 Å². The Hall–Kier alpha value is -1.46. The summed E-state index contributed by atoms with van der Waals surface area (Å²) >= 11 is 7.39. The molecule has 2 rings (SSSR count). The van der Waals surface area contributed by atoms with Crippen LogP contribution in [0.15, 0.2) is 24.3 Å². The van der Waals surface area contributed by atoms with Crippen LogP contribution >= 0.6 is 22.9 Å². The molecule has 1 amide bonds. The fourth-order valence-corrected chi connectivity index (χ4v) is 2.51. The summed E-state index contributed by atoms with van der Waals surface area (Å²) in [7, 11) is 0. The van der Waals surface area contributed by atoms with E-state index in [2.05, 4.69) is 15.5 Å². The van der Waals surface area contributed by atoms with E-state index in [1.54, 1.807) is 6.07 Å². The predicted octanol–water partition coefficient (Wildman–Crippen LogP) is 3.60. The van der Waals surface area contributed by atoms with Crippen molar-refractivity contribution in [3.63, 3.8) is 0 Å². The van der Waals surface area contributed by atoms with Crippen LogP contribution in [-0.2, 0) is 4.79 Å². The highest BCUT2D eigenvalue weighted by Crippen LogP contribution is 2.31. The van der Waals surface area contributed by atoms with E-state index in [1.807, 2.05) is 25.1 Å². The molecule has 1 N–H and O–H groups in total. The third-order valence-corrected chi connectivity index (χ3v) is 3.45. The molecule has 0 unspecified atom stereocenters. The van der Waals surface area contributed by atoms with Crippen LogP contribution in [0.25, 0.3) is 10.6 Å². The van der Waals surface area contributed by atoms with Crippen LogP contribution in [0.4, 0.5) is 5.13 Å². The van der Waals surface area contributed by atoms with E-state index in [0.29, 0.717) is 21.6 Å². The SMILES string of the molecule is CCCC(=O)Nc1nnc(-c2ccccc2Cl)s1. The number of rotatable bonds is 4. The first-order chi connectivity index (χ1) is 8.70. The average molecular weight is 282 g/mol. The third kappa shape index (κ3) is 3.05. The molecule has 94 valence electrons. The zero-order valence-corrected chi connectivity index (χ0v) is 11.4. The monoisotopic (exact) mass is 281 g/mol. The van der Waals surface area contributed by atoms with Gasteiger partial charge < -0.3 is 5.32 Å². The number of amides is 1. The van der Waals surface area contributed by atoms with Gasteiger partial charge in [0.2, 0.25) is 11.0 Å². The van der Waals surface area contributed by atoms with Gasteiger partial charge in [-0.25, -0.2) is 0 Å². The molecule has 1 aromatic heterocycles. The normalized spacial score (nSPS) is 10.3. The number of halogens is 1. The summed E-state index contributed by atoms with van der Waals surface area (Å²) in [6.45, 7) is 1.95. The Morgan fingerprint density at radius 1 is 1.39 bits per heavy atom. The highest BCUT2D eigenvalue weighted by molar-refractivity contribution is 7.18. The number of nitrogens with zero attached hydrogens (tertiary/aromatic N) is 2. The average Bonchev–Trinajstić information content (AvgIpc) is 2.78. The van der Waals surface area contributed by atoms with E-state index in [4.69, 9.17) is 11.6 Å². The minimum absolute atomic E-state index is 0.0423. The van der Waals surface area contributed by atoms with E-state index in [-0.39, 0.29) is 5.91 Å². The van der Waals surface area contributed by atoms with Crippen LogP contribution in [0.5, 0.6) is 0 Å². The Morgan fingerprint density at radius 2 is 2.17 bits per heavy atom. The lowest BCUT2D eigenvalue weighted by molar-refractivity contribution is -0.116. The molecule has 1 aromatic carbocycles. The third-order valence-electron chi connectivity index (χ3n) is 2.25. The predicted molar refractivity (Wildman–Crippen MR) is 73.9 cm³/mol. The summed E-state index contributed by atoms with van der Waals surface area (Å²) in [6.07, 6.45) is 1.29. The molecule has 4 nitrogen and oxygen atoms in total. The van der Waals surface area contributed by atoms with Crippen molar-refractivity contribution in [2.45, 2.75) is 19.8 Å². The molecule has 0 atom stereocenters. The molecule has 0 radical (unpaired) electrons. The van der Waals surface area contributed by atoms with E-state index < -0.39 is 0 Å². The van der Waals surface area contributed by atoms with Gasteiger partial charge in [0, 0.05) is 12.0 Å². The van der Waals surface area contributed by atoms with Gasteiger partial charge in [0.25, 0.3) is 0 Å². The highest BCUT2D eigenvalue weighted by Gasteiger charge is 2.11. The van der Waals surface area contributed by atoms with Crippen LogP contribution in [-0.4, -0.2) is 16.1 Å². The second-order valence-electron chi connectivity index (χ2n) is 3.69. The van der Waals surface area contributed by atoms with E-state index in [0.717, 1.165) is 12.0 Å². The minimum atomic E-state index is -0.0423. The fraction of sp³-hybridized carbons (Fsp3) is 0.250.